The molecule has 0 unspecified atom stereocenters. The maximum absolute atomic E-state index is 12.3. The van der Waals surface area contributed by atoms with Crippen LogP contribution in [-0.2, 0) is 4.74 Å². The van der Waals surface area contributed by atoms with Crippen molar-refractivity contribution in [3.8, 4) is 11.1 Å². The Balaban J connectivity index is 1.48. The fourth-order valence-corrected chi connectivity index (χ4v) is 4.60. The first-order valence-electron chi connectivity index (χ1n) is 9.31. The molecule has 1 aliphatic rings. The van der Waals surface area contributed by atoms with E-state index in [4.69, 9.17) is 4.74 Å². The highest BCUT2D eigenvalue weighted by atomic mass is 32.1. The summed E-state index contributed by atoms with van der Waals surface area (Å²) in [6.07, 6.45) is -0.646. The molecular formula is C22H20N2O4S. The zero-order valence-corrected chi connectivity index (χ0v) is 16.8. The highest BCUT2D eigenvalue weighted by molar-refractivity contribution is 7.17. The van der Waals surface area contributed by atoms with Gasteiger partial charge in [-0.15, -0.1) is 0 Å². The Morgan fingerprint density at radius 1 is 1.10 bits per heavy atom. The summed E-state index contributed by atoms with van der Waals surface area (Å²) >= 11 is 0.937. The van der Waals surface area contributed by atoms with Gasteiger partial charge in [0.05, 0.1) is 5.69 Å². The Labute approximate surface area is 172 Å². The number of carboxylic acid groups (broad SMARTS) is 1. The van der Waals surface area contributed by atoms with Crippen LogP contribution >= 0.6 is 11.3 Å². The quantitative estimate of drug-likeness (QED) is 0.596. The van der Waals surface area contributed by atoms with Crippen LogP contribution in [0.2, 0.25) is 0 Å². The molecule has 0 atom stereocenters. The second-order valence-corrected chi connectivity index (χ2v) is 8.14. The van der Waals surface area contributed by atoms with E-state index >= 15 is 0 Å². The lowest BCUT2D eigenvalue weighted by Crippen LogP contribution is -2.17. The zero-order chi connectivity index (χ0) is 20.5. The first-order chi connectivity index (χ1) is 14.0. The average molecular weight is 408 g/mol. The molecule has 0 radical (unpaired) electrons. The van der Waals surface area contributed by atoms with Crippen LogP contribution in [0.1, 0.15) is 52.2 Å². The van der Waals surface area contributed by atoms with E-state index in [1.165, 1.54) is 0 Å². The van der Waals surface area contributed by atoms with Gasteiger partial charge in [0.15, 0.2) is 5.13 Å². The third-order valence-electron chi connectivity index (χ3n) is 4.95. The van der Waals surface area contributed by atoms with Crippen molar-refractivity contribution in [2.24, 2.45) is 0 Å². The fraction of sp³-hybridized carbons (Fsp3) is 0.227. The molecule has 6 nitrogen and oxygen atoms in total. The lowest BCUT2D eigenvalue weighted by Gasteiger charge is -2.14. The number of nitrogens with one attached hydrogen (secondary N) is 1. The summed E-state index contributed by atoms with van der Waals surface area (Å²) in [5, 5.41) is 12.1. The molecular weight excluding hydrogens is 388 g/mol. The van der Waals surface area contributed by atoms with Gasteiger partial charge in [-0.1, -0.05) is 73.7 Å². The number of carboxylic acids is 1. The number of fused-ring (bicyclic) bond motifs is 3. The van der Waals surface area contributed by atoms with Gasteiger partial charge >= 0.3 is 12.1 Å². The van der Waals surface area contributed by atoms with E-state index in [1.807, 2.05) is 38.1 Å². The van der Waals surface area contributed by atoms with Crippen molar-refractivity contribution in [3.63, 3.8) is 0 Å². The number of thiazole rings is 1. The van der Waals surface area contributed by atoms with Gasteiger partial charge in [-0.05, 0) is 28.2 Å². The van der Waals surface area contributed by atoms with Gasteiger partial charge in [-0.2, -0.15) is 0 Å². The Morgan fingerprint density at radius 2 is 1.69 bits per heavy atom. The van der Waals surface area contributed by atoms with E-state index < -0.39 is 12.1 Å². The molecule has 1 heterocycles. The first kappa shape index (κ1) is 19.1. The monoisotopic (exact) mass is 408 g/mol. The lowest BCUT2D eigenvalue weighted by atomic mass is 9.98. The predicted molar refractivity (Wildman–Crippen MR) is 112 cm³/mol. The van der Waals surface area contributed by atoms with Crippen molar-refractivity contribution in [1.29, 1.82) is 0 Å². The molecule has 4 rings (SSSR count). The summed E-state index contributed by atoms with van der Waals surface area (Å²) in [6, 6.07) is 16.2. The van der Waals surface area contributed by atoms with Crippen molar-refractivity contribution in [1.82, 2.24) is 4.98 Å². The predicted octanol–water partition coefficient (Wildman–Crippen LogP) is 5.33. The summed E-state index contributed by atoms with van der Waals surface area (Å²) in [5.41, 5.74) is 5.03. The number of nitrogens with zero attached hydrogens (tertiary/aromatic N) is 1. The maximum atomic E-state index is 12.3. The molecule has 3 aromatic rings. The average Bonchev–Trinajstić information content (AvgIpc) is 3.26. The molecule has 1 aliphatic carbocycles. The lowest BCUT2D eigenvalue weighted by molar-refractivity contribution is 0.0700. The summed E-state index contributed by atoms with van der Waals surface area (Å²) in [5.74, 6) is -1.15. The Bertz CT molecular complexity index is 1040. The number of hydrogen-bond acceptors (Lipinski definition) is 5. The number of amides is 1. The number of ether oxygens (including phenoxy) is 1. The number of benzene rings is 2. The number of carbonyl (C=O) groups excluding carboxylic acids is 1. The number of anilines is 1. The molecule has 2 aromatic carbocycles. The molecule has 1 amide bonds. The van der Waals surface area contributed by atoms with Crippen LogP contribution in [0.4, 0.5) is 9.93 Å². The molecule has 148 valence electrons. The number of rotatable bonds is 5. The van der Waals surface area contributed by atoms with E-state index in [1.54, 1.807) is 0 Å². The molecule has 29 heavy (non-hydrogen) atoms. The van der Waals surface area contributed by atoms with Gasteiger partial charge in [-0.3, -0.25) is 5.32 Å². The highest BCUT2D eigenvalue weighted by Crippen LogP contribution is 2.44. The Morgan fingerprint density at radius 3 is 2.21 bits per heavy atom. The largest absolute Gasteiger partial charge is 0.477 e. The Hall–Kier alpha value is -3.19. The van der Waals surface area contributed by atoms with E-state index in [0.717, 1.165) is 33.6 Å². The van der Waals surface area contributed by atoms with Crippen molar-refractivity contribution in [3.05, 3.63) is 70.2 Å². The van der Waals surface area contributed by atoms with Gasteiger partial charge < -0.3 is 9.84 Å². The maximum Gasteiger partial charge on any atom is 0.413 e. The van der Waals surface area contributed by atoms with Crippen LogP contribution in [0, 0.1) is 0 Å². The first-order valence-corrected chi connectivity index (χ1v) is 10.1. The minimum absolute atomic E-state index is 0.0368. The molecule has 0 spiro atoms. The molecule has 7 heteroatoms. The molecule has 1 aromatic heterocycles. The van der Waals surface area contributed by atoms with Crippen LogP contribution < -0.4 is 5.32 Å². The third-order valence-corrected chi connectivity index (χ3v) is 5.92. The number of carbonyl (C=O) groups is 2. The van der Waals surface area contributed by atoms with Crippen LogP contribution in [0.25, 0.3) is 11.1 Å². The van der Waals surface area contributed by atoms with Gasteiger partial charge in [0, 0.05) is 5.92 Å². The number of hydrogen-bond donors (Lipinski definition) is 2. The van der Waals surface area contributed by atoms with Crippen LogP contribution in [0.3, 0.4) is 0 Å². The van der Waals surface area contributed by atoms with Crippen LogP contribution in [-0.4, -0.2) is 28.8 Å². The van der Waals surface area contributed by atoms with E-state index in [9.17, 15) is 14.7 Å². The number of aromatic carboxylic acids is 1. The molecule has 0 bridgehead atoms. The molecule has 0 saturated heterocycles. The third kappa shape index (κ3) is 3.61. The summed E-state index contributed by atoms with van der Waals surface area (Å²) < 4.78 is 5.48. The number of aromatic nitrogens is 1. The van der Waals surface area contributed by atoms with E-state index in [2.05, 4.69) is 34.6 Å². The molecule has 0 saturated carbocycles. The van der Waals surface area contributed by atoms with Crippen molar-refractivity contribution in [2.75, 3.05) is 11.9 Å². The van der Waals surface area contributed by atoms with E-state index in [-0.39, 0.29) is 28.5 Å². The van der Waals surface area contributed by atoms with Crippen molar-refractivity contribution >= 4 is 28.5 Å². The molecule has 2 N–H and O–H groups in total. The molecule has 0 fully saturated rings. The summed E-state index contributed by atoms with van der Waals surface area (Å²) in [6.45, 7) is 3.91. The van der Waals surface area contributed by atoms with Crippen molar-refractivity contribution in [2.45, 2.75) is 25.7 Å². The minimum Gasteiger partial charge on any atom is -0.477 e. The SMILES string of the molecule is CC(C)c1nc(NC(=O)OCC2c3ccccc3-c3ccccc32)sc1C(=O)O. The smallest absolute Gasteiger partial charge is 0.413 e. The standard InChI is InChI=1S/C22H20N2O4S/c1-12(2)18-19(20(25)26)29-21(23-18)24-22(27)28-11-17-15-9-5-3-7-13(15)14-8-4-6-10-16(14)17/h3-10,12,17H,11H2,1-2H3,(H,25,26)(H,23,24,27). The zero-order valence-electron chi connectivity index (χ0n) is 16.0. The second kappa shape index (κ2) is 7.67. The fourth-order valence-electron chi connectivity index (χ4n) is 3.65. The van der Waals surface area contributed by atoms with E-state index in [0.29, 0.717) is 5.69 Å². The Kier molecular flexibility index (Phi) is 5.07. The molecule has 0 aliphatic heterocycles. The van der Waals surface area contributed by atoms with Crippen molar-refractivity contribution < 1.29 is 19.4 Å². The summed E-state index contributed by atoms with van der Waals surface area (Å²) in [7, 11) is 0. The summed E-state index contributed by atoms with van der Waals surface area (Å²) in [4.78, 5) is 28.1. The highest BCUT2D eigenvalue weighted by Gasteiger charge is 2.29. The second-order valence-electron chi connectivity index (χ2n) is 7.14. The van der Waals surface area contributed by atoms with Gasteiger partial charge in [-0.25, -0.2) is 14.6 Å². The van der Waals surface area contributed by atoms with Crippen LogP contribution in [0.15, 0.2) is 48.5 Å². The topological polar surface area (TPSA) is 88.5 Å². The van der Waals surface area contributed by atoms with Gasteiger partial charge in [0.25, 0.3) is 0 Å². The van der Waals surface area contributed by atoms with Crippen LogP contribution in [0.5, 0.6) is 0 Å². The van der Waals surface area contributed by atoms with Gasteiger partial charge in [0.1, 0.15) is 11.5 Å². The minimum atomic E-state index is -1.05. The van der Waals surface area contributed by atoms with Gasteiger partial charge in [0.2, 0.25) is 0 Å². The normalized spacial score (nSPS) is 12.5.